The largest absolute Gasteiger partial charge is 0.324 e. The number of halogens is 1. The Bertz CT molecular complexity index is 658. The minimum absolute atomic E-state index is 0. The van der Waals surface area contributed by atoms with Gasteiger partial charge in [-0.25, -0.2) is 8.42 Å². The third-order valence-corrected chi connectivity index (χ3v) is 5.56. The van der Waals surface area contributed by atoms with E-state index >= 15 is 0 Å². The summed E-state index contributed by atoms with van der Waals surface area (Å²) in [6.07, 6.45) is 4.94. The molecule has 0 saturated heterocycles. The second-order valence-electron chi connectivity index (χ2n) is 6.17. The summed E-state index contributed by atoms with van der Waals surface area (Å²) >= 11 is 0. The van der Waals surface area contributed by atoms with Crippen LogP contribution in [0.2, 0.25) is 0 Å². The van der Waals surface area contributed by atoms with Gasteiger partial charge >= 0.3 is 0 Å². The van der Waals surface area contributed by atoms with Crippen LogP contribution < -0.4 is 15.8 Å². The minimum Gasteiger partial charge on any atom is -0.324 e. The van der Waals surface area contributed by atoms with Crippen molar-refractivity contribution in [1.82, 2.24) is 0 Å². The number of anilines is 2. The molecule has 1 fully saturated rings. The molecule has 8 heteroatoms. The molecule has 0 aliphatic heterocycles. The first kappa shape index (κ1) is 20.7. The van der Waals surface area contributed by atoms with E-state index in [0.717, 1.165) is 19.3 Å². The smallest absolute Gasteiger partial charge is 0.244 e. The van der Waals surface area contributed by atoms with Crippen LogP contribution in [0.15, 0.2) is 24.3 Å². The zero-order valence-electron chi connectivity index (χ0n) is 13.9. The van der Waals surface area contributed by atoms with E-state index in [9.17, 15) is 13.2 Å². The lowest BCUT2D eigenvalue weighted by atomic mass is 9.82. The average molecular weight is 376 g/mol. The van der Waals surface area contributed by atoms with Crippen LogP contribution in [0.3, 0.4) is 0 Å². The summed E-state index contributed by atoms with van der Waals surface area (Å²) in [6.45, 7) is 1.81. The van der Waals surface area contributed by atoms with Gasteiger partial charge in [0.05, 0.1) is 17.0 Å². The van der Waals surface area contributed by atoms with Gasteiger partial charge in [-0.1, -0.05) is 32.3 Å². The molecule has 1 saturated carbocycles. The fourth-order valence-corrected chi connectivity index (χ4v) is 3.95. The molecule has 0 aromatic heterocycles. The van der Waals surface area contributed by atoms with Crippen molar-refractivity contribution < 1.29 is 13.2 Å². The molecule has 0 unspecified atom stereocenters. The molecule has 4 N–H and O–H groups in total. The molecule has 6 nitrogen and oxygen atoms in total. The summed E-state index contributed by atoms with van der Waals surface area (Å²) in [5, 5.41) is 2.81. The SMILES string of the molecule is CCCS(=O)(=O)Nc1cccc(NC(=O)C2(N)CCCCC2)c1.Cl. The normalized spacial score (nSPS) is 16.8. The predicted octanol–water partition coefficient (Wildman–Crippen LogP) is 2.86. The zero-order chi connectivity index (χ0) is 16.9. The second kappa shape index (κ2) is 8.69. The van der Waals surface area contributed by atoms with Crippen LogP contribution in [-0.4, -0.2) is 25.6 Å². The highest BCUT2D eigenvalue weighted by atomic mass is 35.5. The lowest BCUT2D eigenvalue weighted by Crippen LogP contribution is -2.52. The topological polar surface area (TPSA) is 101 Å². The van der Waals surface area contributed by atoms with E-state index in [0.29, 0.717) is 30.6 Å². The van der Waals surface area contributed by atoms with Crippen LogP contribution in [0.5, 0.6) is 0 Å². The van der Waals surface area contributed by atoms with Crippen molar-refractivity contribution in [2.24, 2.45) is 5.73 Å². The number of nitrogens with two attached hydrogens (primary N) is 1. The zero-order valence-corrected chi connectivity index (χ0v) is 15.5. The molecule has 0 atom stereocenters. The quantitative estimate of drug-likeness (QED) is 0.711. The van der Waals surface area contributed by atoms with E-state index in [2.05, 4.69) is 10.0 Å². The molecule has 1 aromatic rings. The maximum Gasteiger partial charge on any atom is 0.244 e. The highest BCUT2D eigenvalue weighted by Gasteiger charge is 2.35. The number of carbonyl (C=O) groups is 1. The van der Waals surface area contributed by atoms with Gasteiger partial charge in [-0.2, -0.15) is 0 Å². The number of benzene rings is 1. The van der Waals surface area contributed by atoms with Crippen LogP contribution in [0.4, 0.5) is 11.4 Å². The standard InChI is InChI=1S/C16H25N3O3S.ClH/c1-2-11-23(21,22)19-14-8-6-7-13(12-14)18-15(20)16(17)9-4-3-5-10-16;/h6-8,12,19H,2-5,9-11,17H2,1H3,(H,18,20);1H. The summed E-state index contributed by atoms with van der Waals surface area (Å²) in [6, 6.07) is 6.68. The summed E-state index contributed by atoms with van der Waals surface area (Å²) in [7, 11) is -3.35. The average Bonchev–Trinajstić information content (AvgIpc) is 2.47. The van der Waals surface area contributed by atoms with Crippen LogP contribution >= 0.6 is 12.4 Å². The summed E-state index contributed by atoms with van der Waals surface area (Å²) in [5.41, 5.74) is 6.36. The van der Waals surface area contributed by atoms with Gasteiger partial charge < -0.3 is 11.1 Å². The number of carbonyl (C=O) groups excluding carboxylic acids is 1. The van der Waals surface area contributed by atoms with Gasteiger partial charge in [-0.3, -0.25) is 9.52 Å². The number of rotatable bonds is 6. The number of nitrogens with one attached hydrogen (secondary N) is 2. The summed E-state index contributed by atoms with van der Waals surface area (Å²) in [5.74, 6) is -0.138. The number of hydrogen-bond acceptors (Lipinski definition) is 4. The van der Waals surface area contributed by atoms with Gasteiger partial charge in [0, 0.05) is 5.69 Å². The summed E-state index contributed by atoms with van der Waals surface area (Å²) in [4.78, 5) is 12.4. The van der Waals surface area contributed by atoms with E-state index in [4.69, 9.17) is 5.73 Å². The fraction of sp³-hybridized carbons (Fsp3) is 0.562. The summed E-state index contributed by atoms with van der Waals surface area (Å²) < 4.78 is 26.1. The van der Waals surface area contributed by atoms with Gasteiger partial charge in [0.25, 0.3) is 0 Å². The van der Waals surface area contributed by atoms with Crippen LogP contribution in [0.25, 0.3) is 0 Å². The van der Waals surface area contributed by atoms with Gasteiger partial charge in [0.15, 0.2) is 0 Å². The Morgan fingerprint density at radius 3 is 2.46 bits per heavy atom. The van der Waals surface area contributed by atoms with Crippen molar-refractivity contribution in [3.8, 4) is 0 Å². The number of sulfonamides is 1. The highest BCUT2D eigenvalue weighted by Crippen LogP contribution is 2.27. The minimum atomic E-state index is -3.35. The number of amides is 1. The van der Waals surface area contributed by atoms with Crippen LogP contribution in [0, 0.1) is 0 Å². The Morgan fingerprint density at radius 2 is 1.83 bits per heavy atom. The molecular formula is C16H26ClN3O3S. The van der Waals surface area contributed by atoms with Crippen LogP contribution in [-0.2, 0) is 14.8 Å². The van der Waals surface area contributed by atoms with Gasteiger partial charge in [-0.15, -0.1) is 12.4 Å². The molecule has 1 aromatic carbocycles. The molecule has 0 radical (unpaired) electrons. The van der Waals surface area contributed by atoms with E-state index in [1.807, 2.05) is 0 Å². The monoisotopic (exact) mass is 375 g/mol. The van der Waals surface area contributed by atoms with Crippen molar-refractivity contribution in [3.63, 3.8) is 0 Å². The molecule has 0 bridgehead atoms. The van der Waals surface area contributed by atoms with Crippen molar-refractivity contribution in [1.29, 1.82) is 0 Å². The molecular weight excluding hydrogens is 350 g/mol. The molecule has 0 spiro atoms. The maximum atomic E-state index is 12.4. The van der Waals surface area contributed by atoms with Gasteiger partial charge in [-0.05, 0) is 37.5 Å². The first-order valence-corrected chi connectivity index (χ1v) is 9.71. The highest BCUT2D eigenvalue weighted by molar-refractivity contribution is 7.92. The lowest BCUT2D eigenvalue weighted by Gasteiger charge is -2.31. The molecule has 2 rings (SSSR count). The van der Waals surface area contributed by atoms with Crippen LogP contribution in [0.1, 0.15) is 45.4 Å². The third-order valence-electron chi connectivity index (χ3n) is 4.06. The second-order valence-corrected chi connectivity index (χ2v) is 8.01. The van der Waals surface area contributed by atoms with E-state index in [1.54, 1.807) is 31.2 Å². The van der Waals surface area contributed by atoms with E-state index in [-0.39, 0.29) is 24.1 Å². The lowest BCUT2D eigenvalue weighted by molar-refractivity contribution is -0.122. The van der Waals surface area contributed by atoms with E-state index in [1.165, 1.54) is 0 Å². The van der Waals surface area contributed by atoms with Crippen molar-refractivity contribution >= 4 is 39.7 Å². The van der Waals surface area contributed by atoms with Crippen molar-refractivity contribution in [2.75, 3.05) is 15.8 Å². The maximum absolute atomic E-state index is 12.4. The van der Waals surface area contributed by atoms with Crippen molar-refractivity contribution in [2.45, 2.75) is 51.0 Å². The first-order chi connectivity index (χ1) is 10.8. The van der Waals surface area contributed by atoms with Crippen molar-refractivity contribution in [3.05, 3.63) is 24.3 Å². The van der Waals surface area contributed by atoms with Gasteiger partial charge in [0.2, 0.25) is 15.9 Å². The Morgan fingerprint density at radius 1 is 1.21 bits per heavy atom. The first-order valence-electron chi connectivity index (χ1n) is 8.05. The Labute approximate surface area is 150 Å². The Balaban J connectivity index is 0.00000288. The molecule has 0 heterocycles. The fourth-order valence-electron chi connectivity index (χ4n) is 2.83. The molecule has 1 aliphatic carbocycles. The Hall–Kier alpha value is -1.31. The Kier molecular flexibility index (Phi) is 7.51. The molecule has 1 amide bonds. The molecule has 136 valence electrons. The number of hydrogen-bond donors (Lipinski definition) is 3. The molecule has 1 aliphatic rings. The van der Waals surface area contributed by atoms with E-state index < -0.39 is 15.6 Å². The van der Waals surface area contributed by atoms with Gasteiger partial charge in [0.1, 0.15) is 0 Å². The third kappa shape index (κ3) is 5.65. The molecule has 24 heavy (non-hydrogen) atoms. The predicted molar refractivity (Wildman–Crippen MR) is 100 cm³/mol.